The molecule has 0 aliphatic heterocycles. The standard InChI is InChI=1S/C19H20ClNO4/c1-4-24-19(23)13(3)25-15-10-8-14(9-11-15)18(22)21-17-7-5-6-16(20)12(17)2/h5-11,13H,4H2,1-3H3,(H,21,22)/t13-/m1/s1. The Hall–Kier alpha value is -2.53. The lowest BCUT2D eigenvalue weighted by Gasteiger charge is -2.14. The fraction of sp³-hybridized carbons (Fsp3) is 0.263. The summed E-state index contributed by atoms with van der Waals surface area (Å²) in [4.78, 5) is 23.9. The average Bonchev–Trinajstić information content (AvgIpc) is 2.59. The van der Waals surface area contributed by atoms with Gasteiger partial charge in [0.2, 0.25) is 0 Å². The summed E-state index contributed by atoms with van der Waals surface area (Å²) in [5.41, 5.74) is 1.94. The first kappa shape index (κ1) is 18.8. The molecule has 1 amide bonds. The summed E-state index contributed by atoms with van der Waals surface area (Å²) in [5.74, 6) is -0.202. The van der Waals surface area contributed by atoms with Crippen LogP contribution < -0.4 is 10.1 Å². The van der Waals surface area contributed by atoms with E-state index in [1.807, 2.05) is 6.92 Å². The van der Waals surface area contributed by atoms with Gasteiger partial charge in [-0.25, -0.2) is 4.79 Å². The van der Waals surface area contributed by atoms with Gasteiger partial charge in [0.05, 0.1) is 6.61 Å². The van der Waals surface area contributed by atoms with Crippen LogP contribution in [0.2, 0.25) is 5.02 Å². The van der Waals surface area contributed by atoms with Crippen molar-refractivity contribution in [3.05, 3.63) is 58.6 Å². The van der Waals surface area contributed by atoms with Crippen molar-refractivity contribution in [2.75, 3.05) is 11.9 Å². The van der Waals surface area contributed by atoms with Gasteiger partial charge in [-0.1, -0.05) is 17.7 Å². The van der Waals surface area contributed by atoms with Gasteiger partial charge in [0.25, 0.3) is 5.91 Å². The molecule has 0 saturated carbocycles. The molecule has 132 valence electrons. The molecule has 1 N–H and O–H groups in total. The topological polar surface area (TPSA) is 64.6 Å². The van der Waals surface area contributed by atoms with Crippen LogP contribution >= 0.6 is 11.6 Å². The van der Waals surface area contributed by atoms with E-state index in [4.69, 9.17) is 21.1 Å². The number of ether oxygens (including phenoxy) is 2. The van der Waals surface area contributed by atoms with E-state index in [0.29, 0.717) is 28.6 Å². The van der Waals surface area contributed by atoms with Gasteiger partial charge in [0.1, 0.15) is 5.75 Å². The maximum atomic E-state index is 12.3. The van der Waals surface area contributed by atoms with Gasteiger partial charge in [0, 0.05) is 16.3 Å². The van der Waals surface area contributed by atoms with Crippen molar-refractivity contribution >= 4 is 29.2 Å². The number of nitrogens with one attached hydrogen (secondary N) is 1. The van der Waals surface area contributed by atoms with E-state index in [2.05, 4.69) is 5.32 Å². The van der Waals surface area contributed by atoms with Gasteiger partial charge >= 0.3 is 5.97 Å². The number of benzene rings is 2. The molecule has 2 aromatic rings. The Kier molecular flexibility index (Phi) is 6.42. The van der Waals surface area contributed by atoms with Gasteiger partial charge in [-0.15, -0.1) is 0 Å². The lowest BCUT2D eigenvalue weighted by Crippen LogP contribution is -2.26. The van der Waals surface area contributed by atoms with Crippen LogP contribution in [-0.4, -0.2) is 24.6 Å². The van der Waals surface area contributed by atoms with Crippen molar-refractivity contribution in [1.29, 1.82) is 0 Å². The number of amides is 1. The maximum absolute atomic E-state index is 12.3. The molecular weight excluding hydrogens is 342 g/mol. The number of halogens is 1. The molecular formula is C19H20ClNO4. The van der Waals surface area contributed by atoms with Crippen molar-refractivity contribution in [3.63, 3.8) is 0 Å². The molecule has 0 aromatic heterocycles. The first-order valence-electron chi connectivity index (χ1n) is 7.92. The van der Waals surface area contributed by atoms with Crippen LogP contribution in [-0.2, 0) is 9.53 Å². The van der Waals surface area contributed by atoms with Crippen LogP contribution in [0, 0.1) is 6.92 Å². The molecule has 6 heteroatoms. The average molecular weight is 362 g/mol. The SMILES string of the molecule is CCOC(=O)[C@@H](C)Oc1ccc(C(=O)Nc2cccc(Cl)c2C)cc1. The third-order valence-corrected chi connectivity index (χ3v) is 3.97. The minimum atomic E-state index is -0.714. The van der Waals surface area contributed by atoms with E-state index < -0.39 is 12.1 Å². The van der Waals surface area contributed by atoms with E-state index in [-0.39, 0.29) is 5.91 Å². The molecule has 0 aliphatic carbocycles. The molecule has 0 bridgehead atoms. The minimum absolute atomic E-state index is 0.254. The largest absolute Gasteiger partial charge is 0.479 e. The molecule has 0 spiro atoms. The van der Waals surface area contributed by atoms with Crippen molar-refractivity contribution in [1.82, 2.24) is 0 Å². The second-order valence-electron chi connectivity index (χ2n) is 5.40. The second-order valence-corrected chi connectivity index (χ2v) is 5.81. The Labute approximate surface area is 151 Å². The highest BCUT2D eigenvalue weighted by Crippen LogP contribution is 2.23. The smallest absolute Gasteiger partial charge is 0.347 e. The van der Waals surface area contributed by atoms with Gasteiger partial charge in [0.15, 0.2) is 6.10 Å². The highest BCUT2D eigenvalue weighted by molar-refractivity contribution is 6.31. The molecule has 0 aliphatic rings. The van der Waals surface area contributed by atoms with Crippen molar-refractivity contribution < 1.29 is 19.1 Å². The number of anilines is 1. The molecule has 5 nitrogen and oxygen atoms in total. The lowest BCUT2D eigenvalue weighted by atomic mass is 10.1. The molecule has 2 rings (SSSR count). The fourth-order valence-corrected chi connectivity index (χ4v) is 2.31. The molecule has 0 unspecified atom stereocenters. The van der Waals surface area contributed by atoms with Crippen molar-refractivity contribution in [2.45, 2.75) is 26.9 Å². The Morgan fingerprint density at radius 2 is 1.84 bits per heavy atom. The summed E-state index contributed by atoms with van der Waals surface area (Å²) in [6, 6.07) is 11.9. The molecule has 1 atom stereocenters. The second kappa shape index (κ2) is 8.53. The van der Waals surface area contributed by atoms with Gasteiger partial charge in [-0.2, -0.15) is 0 Å². The third-order valence-electron chi connectivity index (χ3n) is 3.56. The molecule has 0 fully saturated rings. The maximum Gasteiger partial charge on any atom is 0.347 e. The predicted molar refractivity (Wildman–Crippen MR) is 97.3 cm³/mol. The summed E-state index contributed by atoms with van der Waals surface area (Å²) in [5, 5.41) is 3.42. The Morgan fingerprint density at radius 1 is 1.16 bits per heavy atom. The molecule has 2 aromatic carbocycles. The van der Waals surface area contributed by atoms with E-state index in [0.717, 1.165) is 5.56 Å². The number of carbonyl (C=O) groups excluding carboxylic acids is 2. The Morgan fingerprint density at radius 3 is 2.48 bits per heavy atom. The summed E-state index contributed by atoms with van der Waals surface area (Å²) < 4.78 is 10.4. The Balaban J connectivity index is 2.03. The summed E-state index contributed by atoms with van der Waals surface area (Å²) in [6.45, 7) is 5.49. The quantitative estimate of drug-likeness (QED) is 0.782. The number of esters is 1. The van der Waals surface area contributed by atoms with Gasteiger partial charge < -0.3 is 14.8 Å². The summed E-state index contributed by atoms with van der Waals surface area (Å²) in [6.07, 6.45) is -0.714. The fourth-order valence-electron chi connectivity index (χ4n) is 2.13. The van der Waals surface area contributed by atoms with Crippen molar-refractivity contribution in [2.24, 2.45) is 0 Å². The van der Waals surface area contributed by atoms with E-state index >= 15 is 0 Å². The number of hydrogen-bond acceptors (Lipinski definition) is 4. The Bertz CT molecular complexity index is 759. The zero-order valence-corrected chi connectivity index (χ0v) is 15.1. The number of carbonyl (C=O) groups is 2. The minimum Gasteiger partial charge on any atom is -0.479 e. The van der Waals surface area contributed by atoms with Crippen molar-refractivity contribution in [3.8, 4) is 5.75 Å². The highest BCUT2D eigenvalue weighted by Gasteiger charge is 2.16. The highest BCUT2D eigenvalue weighted by atomic mass is 35.5. The zero-order valence-electron chi connectivity index (χ0n) is 14.3. The van der Waals surface area contributed by atoms with E-state index in [1.165, 1.54) is 0 Å². The summed E-state index contributed by atoms with van der Waals surface area (Å²) in [7, 11) is 0. The lowest BCUT2D eigenvalue weighted by molar-refractivity contribution is -0.150. The van der Waals surface area contributed by atoms with E-state index in [1.54, 1.807) is 56.3 Å². The molecule has 0 radical (unpaired) electrons. The monoisotopic (exact) mass is 361 g/mol. The zero-order chi connectivity index (χ0) is 18.4. The third kappa shape index (κ3) is 4.97. The first-order chi connectivity index (χ1) is 11.9. The van der Waals surface area contributed by atoms with Crippen LogP contribution in [0.4, 0.5) is 5.69 Å². The molecule has 0 heterocycles. The van der Waals surface area contributed by atoms with Crippen LogP contribution in [0.1, 0.15) is 29.8 Å². The molecule has 25 heavy (non-hydrogen) atoms. The van der Waals surface area contributed by atoms with Crippen LogP contribution in [0.15, 0.2) is 42.5 Å². The van der Waals surface area contributed by atoms with Gasteiger partial charge in [-0.05, 0) is 62.7 Å². The van der Waals surface area contributed by atoms with E-state index in [9.17, 15) is 9.59 Å². The van der Waals surface area contributed by atoms with Gasteiger partial charge in [-0.3, -0.25) is 4.79 Å². The van der Waals surface area contributed by atoms with Crippen LogP contribution in [0.5, 0.6) is 5.75 Å². The molecule has 0 saturated heterocycles. The number of rotatable bonds is 6. The first-order valence-corrected chi connectivity index (χ1v) is 8.30. The van der Waals surface area contributed by atoms with Crippen LogP contribution in [0.25, 0.3) is 0 Å². The normalized spacial score (nSPS) is 11.5. The summed E-state index contributed by atoms with van der Waals surface area (Å²) >= 11 is 6.05. The van der Waals surface area contributed by atoms with Crippen LogP contribution in [0.3, 0.4) is 0 Å². The number of hydrogen-bond donors (Lipinski definition) is 1. The predicted octanol–water partition coefficient (Wildman–Crippen LogP) is 4.23.